The minimum absolute atomic E-state index is 0.00655. The van der Waals surface area contributed by atoms with Gasteiger partial charge in [0.15, 0.2) is 10.1 Å². The monoisotopic (exact) mass is 430 g/mol. The minimum atomic E-state index is -0.473. The Hall–Kier alpha value is -2.59. The van der Waals surface area contributed by atoms with Gasteiger partial charge in [0.25, 0.3) is 5.69 Å². The number of Topliss-reactive ketones (excluding diaryl/α,β-unsaturated/α-hetero) is 1. The molecular weight excluding hydrogens is 412 g/mol. The molecule has 1 aromatic carbocycles. The summed E-state index contributed by atoms with van der Waals surface area (Å²) >= 11 is 2.89. The molecule has 1 atom stereocenters. The van der Waals surface area contributed by atoms with Crippen LogP contribution in [0, 0.1) is 10.1 Å². The Morgan fingerprint density at radius 1 is 1.31 bits per heavy atom. The Bertz CT molecular complexity index is 1030. The van der Waals surface area contributed by atoms with Crippen molar-refractivity contribution in [1.29, 1.82) is 0 Å². The van der Waals surface area contributed by atoms with Gasteiger partial charge in [-0.15, -0.1) is 10.2 Å². The number of nitrogens with zero attached hydrogens (tertiary/aromatic N) is 4. The molecule has 1 aromatic heterocycles. The van der Waals surface area contributed by atoms with Gasteiger partial charge in [0.1, 0.15) is 0 Å². The summed E-state index contributed by atoms with van der Waals surface area (Å²) in [6, 6.07) is 6.21. The molecule has 0 radical (unpaired) electrons. The fraction of sp³-hybridized carbons (Fsp3) is 0.368. The van der Waals surface area contributed by atoms with Crippen LogP contribution in [0.25, 0.3) is 0 Å². The van der Waals surface area contributed by atoms with E-state index in [9.17, 15) is 19.7 Å². The maximum absolute atomic E-state index is 13.1. The van der Waals surface area contributed by atoms with Crippen LogP contribution in [0.5, 0.6) is 0 Å². The first-order valence-corrected chi connectivity index (χ1v) is 11.1. The summed E-state index contributed by atoms with van der Waals surface area (Å²) in [5.41, 5.74) is 1.82. The topological polar surface area (TPSA) is 106 Å². The van der Waals surface area contributed by atoms with E-state index in [1.54, 1.807) is 23.9 Å². The zero-order valence-electron chi connectivity index (χ0n) is 15.7. The number of non-ortho nitro benzene ring substituents is 1. The number of nitro groups is 1. The second-order valence-electron chi connectivity index (χ2n) is 6.76. The first-order valence-electron chi connectivity index (χ1n) is 9.29. The zero-order chi connectivity index (χ0) is 20.5. The number of thioether (sulfide) groups is 1. The molecule has 0 bridgehead atoms. The molecule has 4 rings (SSSR count). The largest absolute Gasteiger partial charge is 0.294 e. The van der Waals surface area contributed by atoms with Crippen LogP contribution in [0.4, 0.5) is 10.8 Å². The van der Waals surface area contributed by atoms with Crippen LogP contribution in [-0.2, 0) is 9.59 Å². The number of hydrogen-bond donors (Lipinski definition) is 0. The number of allylic oxidation sites excluding steroid dienone is 2. The highest BCUT2D eigenvalue weighted by Crippen LogP contribution is 2.44. The predicted octanol–water partition coefficient (Wildman–Crippen LogP) is 4.09. The molecule has 2 aromatic rings. The van der Waals surface area contributed by atoms with Crippen molar-refractivity contribution < 1.29 is 14.5 Å². The lowest BCUT2D eigenvalue weighted by Crippen LogP contribution is -2.40. The van der Waals surface area contributed by atoms with Crippen molar-refractivity contribution in [2.24, 2.45) is 0 Å². The van der Waals surface area contributed by atoms with Crippen molar-refractivity contribution in [3.8, 4) is 0 Å². The molecule has 0 spiro atoms. The molecule has 1 unspecified atom stereocenters. The number of nitro benzene ring substituents is 1. The van der Waals surface area contributed by atoms with Crippen LogP contribution < -0.4 is 4.90 Å². The van der Waals surface area contributed by atoms with Gasteiger partial charge < -0.3 is 0 Å². The fourth-order valence-electron chi connectivity index (χ4n) is 3.83. The lowest BCUT2D eigenvalue weighted by molar-refractivity contribution is -0.384. The van der Waals surface area contributed by atoms with Gasteiger partial charge in [0.05, 0.1) is 4.92 Å². The highest BCUT2D eigenvalue weighted by molar-refractivity contribution is 8.01. The molecule has 1 aliphatic heterocycles. The molecular formula is C19H18N4O4S2. The molecule has 8 nitrogen and oxygen atoms in total. The highest BCUT2D eigenvalue weighted by atomic mass is 32.2. The maximum Gasteiger partial charge on any atom is 0.269 e. The van der Waals surface area contributed by atoms with Gasteiger partial charge in [-0.05, 0) is 24.2 Å². The van der Waals surface area contributed by atoms with Gasteiger partial charge in [0.2, 0.25) is 11.0 Å². The zero-order valence-corrected chi connectivity index (χ0v) is 17.3. The molecule has 150 valence electrons. The van der Waals surface area contributed by atoms with E-state index in [1.807, 2.05) is 6.92 Å². The quantitative estimate of drug-likeness (QED) is 0.304. The number of ketones is 1. The summed E-state index contributed by atoms with van der Waals surface area (Å²) < 4.78 is 0.778. The SMILES string of the molecule is CCSc1nnc(N2C(=O)CC(c3cccc([N+](=O)[O-])c3)C3=C2CCCC3=O)s1. The number of hydrogen-bond acceptors (Lipinski definition) is 8. The smallest absolute Gasteiger partial charge is 0.269 e. The number of carbonyl (C=O) groups excluding carboxylic acids is 2. The Morgan fingerprint density at radius 2 is 2.14 bits per heavy atom. The van der Waals surface area contributed by atoms with Crippen molar-refractivity contribution in [1.82, 2.24) is 10.2 Å². The summed E-state index contributed by atoms with van der Waals surface area (Å²) in [7, 11) is 0. The lowest BCUT2D eigenvalue weighted by atomic mass is 9.77. The van der Waals surface area contributed by atoms with E-state index in [4.69, 9.17) is 0 Å². The fourth-order valence-corrected chi connectivity index (χ4v) is 5.61. The highest BCUT2D eigenvalue weighted by Gasteiger charge is 2.41. The van der Waals surface area contributed by atoms with Crippen LogP contribution in [0.3, 0.4) is 0 Å². The molecule has 0 saturated heterocycles. The first-order chi connectivity index (χ1) is 14.0. The van der Waals surface area contributed by atoms with Gasteiger partial charge in [-0.2, -0.15) is 0 Å². The molecule has 2 aliphatic rings. The van der Waals surface area contributed by atoms with E-state index >= 15 is 0 Å². The van der Waals surface area contributed by atoms with Gasteiger partial charge in [-0.1, -0.05) is 42.2 Å². The van der Waals surface area contributed by atoms with E-state index in [-0.39, 0.29) is 23.8 Å². The van der Waals surface area contributed by atoms with E-state index in [2.05, 4.69) is 10.2 Å². The minimum Gasteiger partial charge on any atom is -0.294 e. The van der Waals surface area contributed by atoms with Crippen molar-refractivity contribution in [2.75, 3.05) is 10.7 Å². The van der Waals surface area contributed by atoms with Crippen LogP contribution in [0.15, 0.2) is 39.9 Å². The average molecular weight is 431 g/mol. The number of carbonyl (C=O) groups is 2. The average Bonchev–Trinajstić information content (AvgIpc) is 3.16. The van der Waals surface area contributed by atoms with Crippen LogP contribution in [0.2, 0.25) is 0 Å². The molecule has 0 fully saturated rings. The second kappa shape index (κ2) is 8.03. The Morgan fingerprint density at radius 3 is 2.90 bits per heavy atom. The number of amides is 1. The normalized spacial score (nSPS) is 19.5. The summed E-state index contributed by atoms with van der Waals surface area (Å²) in [6.07, 6.45) is 1.74. The third-order valence-electron chi connectivity index (χ3n) is 5.01. The Labute approximate surface area is 175 Å². The molecule has 0 saturated carbocycles. The maximum atomic E-state index is 13.1. The molecule has 1 amide bonds. The van der Waals surface area contributed by atoms with E-state index in [0.29, 0.717) is 41.2 Å². The first kappa shape index (κ1) is 19.7. The van der Waals surface area contributed by atoms with Crippen molar-refractivity contribution >= 4 is 45.6 Å². The Balaban J connectivity index is 1.80. The molecule has 2 heterocycles. The summed E-state index contributed by atoms with van der Waals surface area (Å²) in [6.45, 7) is 2.02. The van der Waals surface area contributed by atoms with Crippen LogP contribution in [-0.4, -0.2) is 32.6 Å². The van der Waals surface area contributed by atoms with E-state index in [1.165, 1.54) is 28.4 Å². The molecule has 0 N–H and O–H groups in total. The van der Waals surface area contributed by atoms with Gasteiger partial charge in [0, 0.05) is 42.2 Å². The van der Waals surface area contributed by atoms with Crippen molar-refractivity contribution in [2.45, 2.75) is 42.9 Å². The standard InChI is InChI=1S/C19H18N4O4S2/c1-2-28-19-21-20-18(29-19)22-14-7-4-8-15(24)17(14)13(10-16(22)25)11-5-3-6-12(9-11)23(26)27/h3,5-6,9,13H,2,4,7-8,10H2,1H3. The predicted molar refractivity (Wildman–Crippen MR) is 110 cm³/mol. The Kier molecular flexibility index (Phi) is 5.46. The third-order valence-corrected chi connectivity index (χ3v) is 6.94. The summed E-state index contributed by atoms with van der Waals surface area (Å²) in [5.74, 6) is 0.204. The number of anilines is 1. The summed E-state index contributed by atoms with van der Waals surface area (Å²) in [5, 5.41) is 20.0. The molecule has 1 aliphatic carbocycles. The summed E-state index contributed by atoms with van der Waals surface area (Å²) in [4.78, 5) is 38.2. The number of aromatic nitrogens is 2. The number of rotatable bonds is 5. The van der Waals surface area contributed by atoms with Gasteiger partial charge in [-0.25, -0.2) is 0 Å². The second-order valence-corrected chi connectivity index (χ2v) is 9.23. The third kappa shape index (κ3) is 3.69. The lowest BCUT2D eigenvalue weighted by Gasteiger charge is -2.36. The van der Waals surface area contributed by atoms with Gasteiger partial charge >= 0.3 is 0 Å². The van der Waals surface area contributed by atoms with Crippen LogP contribution >= 0.6 is 23.1 Å². The van der Waals surface area contributed by atoms with Crippen molar-refractivity contribution in [3.05, 3.63) is 51.2 Å². The van der Waals surface area contributed by atoms with E-state index < -0.39 is 10.8 Å². The van der Waals surface area contributed by atoms with Gasteiger partial charge in [-0.3, -0.25) is 24.6 Å². The van der Waals surface area contributed by atoms with Crippen LogP contribution in [0.1, 0.15) is 44.1 Å². The molecule has 10 heteroatoms. The number of benzene rings is 1. The van der Waals surface area contributed by atoms with Crippen molar-refractivity contribution in [3.63, 3.8) is 0 Å². The van der Waals surface area contributed by atoms with E-state index in [0.717, 1.165) is 10.1 Å². The molecule has 29 heavy (non-hydrogen) atoms.